The van der Waals surface area contributed by atoms with Crippen molar-refractivity contribution in [1.82, 2.24) is 30.3 Å². The highest BCUT2D eigenvalue weighted by Crippen LogP contribution is 2.21. The zero-order chi connectivity index (χ0) is 19.9. The summed E-state index contributed by atoms with van der Waals surface area (Å²) in [7, 11) is 1.90. The molecule has 0 aromatic carbocycles. The lowest BCUT2D eigenvalue weighted by molar-refractivity contribution is -0.00803. The molecule has 0 radical (unpaired) electrons. The molecule has 160 valence electrons. The van der Waals surface area contributed by atoms with Gasteiger partial charge in [-0.2, -0.15) is 5.10 Å². The number of aryl methyl sites for hydroxylation is 2. The predicted octanol–water partition coefficient (Wildman–Crippen LogP) is 1.57. The molecule has 0 spiro atoms. The summed E-state index contributed by atoms with van der Waals surface area (Å²) in [5.41, 5.74) is 3.51. The number of guanidine groups is 1. The van der Waals surface area contributed by atoms with Gasteiger partial charge in [0.15, 0.2) is 5.96 Å². The van der Waals surface area contributed by atoms with Crippen LogP contribution in [0.5, 0.6) is 0 Å². The van der Waals surface area contributed by atoms with Crippen molar-refractivity contribution in [3.63, 3.8) is 0 Å². The first-order valence-electron chi connectivity index (χ1n) is 9.40. The minimum atomic E-state index is -0.0942. The van der Waals surface area contributed by atoms with Gasteiger partial charge in [-0.15, -0.1) is 35.3 Å². The topological polar surface area (TPSA) is 96.7 Å². The molecule has 1 unspecified atom stereocenters. The average Bonchev–Trinajstić information content (AvgIpc) is 3.32. The van der Waals surface area contributed by atoms with E-state index >= 15 is 0 Å². The summed E-state index contributed by atoms with van der Waals surface area (Å²) in [5.74, 6) is 0.742. The van der Waals surface area contributed by atoms with E-state index in [1.807, 2.05) is 33.3 Å². The van der Waals surface area contributed by atoms with Crippen LogP contribution in [-0.4, -0.2) is 70.9 Å². The minimum absolute atomic E-state index is 0. The number of halogens is 1. The van der Waals surface area contributed by atoms with E-state index in [-0.39, 0.29) is 36.0 Å². The number of aliphatic imine (C=N–C) groups is 1. The van der Waals surface area contributed by atoms with E-state index in [0.717, 1.165) is 30.3 Å². The van der Waals surface area contributed by atoms with Gasteiger partial charge in [0.25, 0.3) is 5.91 Å². The first-order valence-corrected chi connectivity index (χ1v) is 10.3. The van der Waals surface area contributed by atoms with Crippen LogP contribution in [0, 0.1) is 6.92 Å². The van der Waals surface area contributed by atoms with Crippen molar-refractivity contribution in [2.75, 3.05) is 39.3 Å². The average molecular weight is 533 g/mol. The number of amides is 1. The number of nitrogens with one attached hydrogen (secondary N) is 2. The Morgan fingerprint density at radius 3 is 2.93 bits per heavy atom. The summed E-state index contributed by atoms with van der Waals surface area (Å²) in [6.45, 7) is 7.75. The Balaban J connectivity index is 0.00000300. The Hall–Kier alpha value is -1.73. The Labute approximate surface area is 192 Å². The van der Waals surface area contributed by atoms with Gasteiger partial charge in [0, 0.05) is 38.4 Å². The van der Waals surface area contributed by atoms with Gasteiger partial charge in [0.1, 0.15) is 11.0 Å². The maximum Gasteiger partial charge on any atom is 0.263 e. The van der Waals surface area contributed by atoms with Gasteiger partial charge in [0.05, 0.1) is 37.1 Å². The van der Waals surface area contributed by atoms with Crippen LogP contribution in [0.4, 0.5) is 0 Å². The summed E-state index contributed by atoms with van der Waals surface area (Å²) in [5, 5.41) is 10.5. The fraction of sp³-hybridized carbons (Fsp3) is 0.556. The molecule has 0 saturated carbocycles. The number of carbonyl (C=O) groups is 1. The molecule has 29 heavy (non-hydrogen) atoms. The van der Waals surface area contributed by atoms with Gasteiger partial charge in [0.2, 0.25) is 0 Å². The predicted molar refractivity (Wildman–Crippen MR) is 124 cm³/mol. The van der Waals surface area contributed by atoms with Gasteiger partial charge < -0.3 is 20.3 Å². The highest BCUT2D eigenvalue weighted by molar-refractivity contribution is 14.0. The number of morpholine rings is 1. The monoisotopic (exact) mass is 533 g/mol. The Morgan fingerprint density at radius 1 is 1.45 bits per heavy atom. The smallest absolute Gasteiger partial charge is 0.263 e. The molecule has 2 aromatic heterocycles. The molecule has 1 atom stereocenters. The molecule has 3 rings (SSSR count). The second-order valence-corrected chi connectivity index (χ2v) is 7.37. The number of rotatable bonds is 6. The third-order valence-electron chi connectivity index (χ3n) is 4.41. The first kappa shape index (κ1) is 23.5. The molecule has 2 aromatic rings. The summed E-state index contributed by atoms with van der Waals surface area (Å²) in [6.07, 6.45) is 3.80. The molecule has 11 heteroatoms. The standard InChI is InChI=1S/C18H27N7O2S.HI/c1-4-19-18(21-6-5-20-17(26)16-13(2)22-12-28-16)25-7-8-27-15(11-25)14-9-23-24(3)10-14;/h9-10,12,15H,4-8,11H2,1-3H3,(H,19,21)(H,20,26);1H. The lowest BCUT2D eigenvalue weighted by Gasteiger charge is -2.34. The Bertz CT molecular complexity index is 823. The third-order valence-corrected chi connectivity index (χ3v) is 5.34. The van der Waals surface area contributed by atoms with Crippen molar-refractivity contribution in [1.29, 1.82) is 0 Å². The fourth-order valence-electron chi connectivity index (χ4n) is 3.01. The molecule has 0 bridgehead atoms. The van der Waals surface area contributed by atoms with Crippen LogP contribution in [0.3, 0.4) is 0 Å². The molecule has 1 aliphatic rings. The van der Waals surface area contributed by atoms with E-state index in [2.05, 4.69) is 30.6 Å². The van der Waals surface area contributed by atoms with Gasteiger partial charge in [-0.1, -0.05) is 0 Å². The molecule has 1 aliphatic heterocycles. The van der Waals surface area contributed by atoms with Crippen LogP contribution in [-0.2, 0) is 11.8 Å². The molecule has 3 heterocycles. The van der Waals surface area contributed by atoms with Crippen LogP contribution < -0.4 is 10.6 Å². The maximum absolute atomic E-state index is 12.2. The SMILES string of the molecule is CCNC(=NCCNC(=O)c1scnc1C)N1CCOC(c2cnn(C)c2)C1.I. The molecular formula is C18H28IN7O2S. The lowest BCUT2D eigenvalue weighted by Crippen LogP contribution is -2.48. The summed E-state index contributed by atoms with van der Waals surface area (Å²) in [4.78, 5) is 23.8. The van der Waals surface area contributed by atoms with E-state index < -0.39 is 0 Å². The largest absolute Gasteiger partial charge is 0.370 e. The van der Waals surface area contributed by atoms with Crippen LogP contribution in [0.1, 0.15) is 34.0 Å². The van der Waals surface area contributed by atoms with Crippen LogP contribution in [0.25, 0.3) is 0 Å². The Kier molecular flexibility index (Phi) is 9.30. The normalized spacial score (nSPS) is 17.0. The van der Waals surface area contributed by atoms with Crippen molar-refractivity contribution < 1.29 is 9.53 Å². The summed E-state index contributed by atoms with van der Waals surface area (Å²) < 4.78 is 7.69. The van der Waals surface area contributed by atoms with E-state index in [1.165, 1.54) is 11.3 Å². The number of carbonyl (C=O) groups excluding carboxylic acids is 1. The first-order chi connectivity index (χ1) is 13.6. The van der Waals surface area contributed by atoms with Crippen molar-refractivity contribution in [3.05, 3.63) is 34.0 Å². The second kappa shape index (κ2) is 11.5. The lowest BCUT2D eigenvalue weighted by atomic mass is 10.1. The van der Waals surface area contributed by atoms with E-state index in [0.29, 0.717) is 31.1 Å². The Morgan fingerprint density at radius 2 is 2.28 bits per heavy atom. The van der Waals surface area contributed by atoms with E-state index in [9.17, 15) is 4.79 Å². The molecule has 0 aliphatic carbocycles. The zero-order valence-corrected chi connectivity index (χ0v) is 20.1. The van der Waals surface area contributed by atoms with Crippen molar-refractivity contribution in [2.24, 2.45) is 12.0 Å². The van der Waals surface area contributed by atoms with Crippen LogP contribution in [0.2, 0.25) is 0 Å². The van der Waals surface area contributed by atoms with Crippen molar-refractivity contribution >= 4 is 47.2 Å². The molecule has 9 nitrogen and oxygen atoms in total. The number of aromatic nitrogens is 3. The van der Waals surface area contributed by atoms with Gasteiger partial charge in [-0.25, -0.2) is 4.98 Å². The van der Waals surface area contributed by atoms with E-state index in [4.69, 9.17) is 4.74 Å². The molecule has 1 fully saturated rings. The summed E-state index contributed by atoms with van der Waals surface area (Å²) in [6, 6.07) is 0. The van der Waals surface area contributed by atoms with Crippen molar-refractivity contribution in [2.45, 2.75) is 20.0 Å². The fourth-order valence-corrected chi connectivity index (χ4v) is 3.73. The summed E-state index contributed by atoms with van der Waals surface area (Å²) >= 11 is 1.35. The van der Waals surface area contributed by atoms with E-state index in [1.54, 1.807) is 10.2 Å². The highest BCUT2D eigenvalue weighted by atomic mass is 127. The second-order valence-electron chi connectivity index (χ2n) is 6.51. The number of nitrogens with zero attached hydrogens (tertiary/aromatic N) is 5. The van der Waals surface area contributed by atoms with Gasteiger partial charge >= 0.3 is 0 Å². The number of hydrogen-bond acceptors (Lipinski definition) is 6. The number of ether oxygens (including phenoxy) is 1. The highest BCUT2D eigenvalue weighted by Gasteiger charge is 2.25. The molecule has 1 amide bonds. The molecular weight excluding hydrogens is 505 g/mol. The number of thiazole rings is 1. The minimum Gasteiger partial charge on any atom is -0.370 e. The van der Waals surface area contributed by atoms with Crippen molar-refractivity contribution in [3.8, 4) is 0 Å². The van der Waals surface area contributed by atoms with Crippen LogP contribution in [0.15, 0.2) is 22.9 Å². The van der Waals surface area contributed by atoms with Gasteiger partial charge in [-0.05, 0) is 13.8 Å². The van der Waals surface area contributed by atoms with Gasteiger partial charge in [-0.3, -0.25) is 14.5 Å². The molecule has 1 saturated heterocycles. The number of hydrogen-bond donors (Lipinski definition) is 2. The molecule has 2 N–H and O–H groups in total. The maximum atomic E-state index is 12.2. The zero-order valence-electron chi connectivity index (χ0n) is 16.9. The van der Waals surface area contributed by atoms with Crippen LogP contribution >= 0.6 is 35.3 Å². The third kappa shape index (κ3) is 6.37. The quantitative estimate of drug-likeness (QED) is 0.253.